The minimum absolute atomic E-state index is 0.0105. The maximum absolute atomic E-state index is 13.0. The van der Waals surface area contributed by atoms with Crippen LogP contribution in [0, 0.1) is 13.8 Å². The minimum Gasteiger partial charge on any atom is -0.483 e. The summed E-state index contributed by atoms with van der Waals surface area (Å²) in [6.07, 6.45) is 0. The fourth-order valence-electron chi connectivity index (χ4n) is 2.88. The molecule has 2 aromatic rings. The van der Waals surface area contributed by atoms with E-state index in [1.807, 2.05) is 58.0 Å². The summed E-state index contributed by atoms with van der Waals surface area (Å²) in [6, 6.07) is 12.3. The van der Waals surface area contributed by atoms with Crippen molar-refractivity contribution in [2.45, 2.75) is 53.2 Å². The number of nitrogens with zero attached hydrogens (tertiary/aromatic N) is 1. The van der Waals surface area contributed by atoms with Crippen LogP contribution in [0.5, 0.6) is 5.75 Å². The third-order valence-corrected chi connectivity index (χ3v) is 5.02. The summed E-state index contributed by atoms with van der Waals surface area (Å²) in [5, 5.41) is 3.49. The normalized spacial score (nSPS) is 11.8. The number of aryl methyl sites for hydroxylation is 1. The van der Waals surface area contributed by atoms with Crippen molar-refractivity contribution in [2.75, 3.05) is 6.61 Å². The highest BCUT2D eigenvalue weighted by Crippen LogP contribution is 2.21. The number of carbonyl (C=O) groups is 2. The van der Waals surface area contributed by atoms with Crippen LogP contribution >= 0.6 is 11.6 Å². The summed E-state index contributed by atoms with van der Waals surface area (Å²) in [5.74, 6) is 0.213. The van der Waals surface area contributed by atoms with E-state index in [9.17, 15) is 9.59 Å². The lowest BCUT2D eigenvalue weighted by molar-refractivity contribution is -0.142. The molecule has 0 aromatic heterocycles. The smallest absolute Gasteiger partial charge is 0.261 e. The lowest BCUT2D eigenvalue weighted by Gasteiger charge is -2.29. The molecule has 0 aliphatic heterocycles. The molecular weight excluding hydrogens is 388 g/mol. The fraction of sp³-hybridized carbons (Fsp3) is 0.391. The van der Waals surface area contributed by atoms with E-state index in [0.29, 0.717) is 17.3 Å². The van der Waals surface area contributed by atoms with Crippen molar-refractivity contribution in [3.8, 4) is 5.75 Å². The van der Waals surface area contributed by atoms with Crippen LogP contribution in [-0.2, 0) is 16.1 Å². The van der Waals surface area contributed by atoms with Crippen molar-refractivity contribution in [2.24, 2.45) is 0 Å². The number of hydrogen-bond donors (Lipinski definition) is 1. The summed E-state index contributed by atoms with van der Waals surface area (Å²) in [6.45, 7) is 9.60. The second-order valence-electron chi connectivity index (χ2n) is 7.47. The lowest BCUT2D eigenvalue weighted by atomic mass is 10.1. The maximum Gasteiger partial charge on any atom is 0.261 e. The molecule has 6 heteroatoms. The van der Waals surface area contributed by atoms with Crippen LogP contribution in [0.1, 0.15) is 37.5 Å². The van der Waals surface area contributed by atoms with Crippen molar-refractivity contribution in [1.29, 1.82) is 0 Å². The Morgan fingerprint density at radius 3 is 2.34 bits per heavy atom. The number of amides is 2. The molecule has 0 radical (unpaired) electrons. The van der Waals surface area contributed by atoms with Gasteiger partial charge in [-0.3, -0.25) is 9.59 Å². The predicted molar refractivity (Wildman–Crippen MR) is 116 cm³/mol. The van der Waals surface area contributed by atoms with Crippen molar-refractivity contribution >= 4 is 23.4 Å². The first-order valence-corrected chi connectivity index (χ1v) is 10.1. The third kappa shape index (κ3) is 6.50. The van der Waals surface area contributed by atoms with E-state index in [0.717, 1.165) is 16.7 Å². The van der Waals surface area contributed by atoms with Gasteiger partial charge in [0.2, 0.25) is 5.91 Å². The first kappa shape index (κ1) is 22.8. The molecule has 0 aliphatic rings. The molecule has 1 N–H and O–H groups in total. The number of carbonyl (C=O) groups excluding carboxylic acids is 2. The van der Waals surface area contributed by atoms with Crippen molar-refractivity contribution in [1.82, 2.24) is 10.2 Å². The number of ether oxygens (including phenoxy) is 1. The van der Waals surface area contributed by atoms with Crippen LogP contribution < -0.4 is 10.1 Å². The first-order chi connectivity index (χ1) is 13.7. The molecule has 29 heavy (non-hydrogen) atoms. The molecule has 0 heterocycles. The molecule has 2 aromatic carbocycles. The van der Waals surface area contributed by atoms with Gasteiger partial charge in [0, 0.05) is 17.6 Å². The Hall–Kier alpha value is -2.53. The summed E-state index contributed by atoms with van der Waals surface area (Å²) in [5.41, 5.74) is 2.98. The zero-order chi connectivity index (χ0) is 21.6. The number of hydrogen-bond acceptors (Lipinski definition) is 3. The van der Waals surface area contributed by atoms with Crippen LogP contribution in [-0.4, -0.2) is 35.4 Å². The van der Waals surface area contributed by atoms with Gasteiger partial charge in [-0.2, -0.15) is 0 Å². The Bertz CT molecular complexity index is 850. The SMILES string of the molecule is Cc1cccc(OCC(=O)N(Cc2ccc(Cl)cc2)[C@@H](C)C(=O)NC(C)C)c1C. The van der Waals surface area contributed by atoms with E-state index >= 15 is 0 Å². The van der Waals surface area contributed by atoms with Crippen molar-refractivity contribution in [3.05, 3.63) is 64.2 Å². The summed E-state index contributed by atoms with van der Waals surface area (Å²) >= 11 is 5.96. The molecule has 1 atom stereocenters. The van der Waals surface area contributed by atoms with E-state index < -0.39 is 6.04 Å². The highest BCUT2D eigenvalue weighted by Gasteiger charge is 2.27. The molecule has 2 rings (SSSR count). The van der Waals surface area contributed by atoms with Gasteiger partial charge in [0.1, 0.15) is 11.8 Å². The van der Waals surface area contributed by atoms with Gasteiger partial charge in [-0.1, -0.05) is 35.9 Å². The van der Waals surface area contributed by atoms with Gasteiger partial charge in [0.25, 0.3) is 5.91 Å². The van der Waals surface area contributed by atoms with Crippen molar-refractivity contribution in [3.63, 3.8) is 0 Å². The quantitative estimate of drug-likeness (QED) is 0.698. The van der Waals surface area contributed by atoms with Crippen molar-refractivity contribution < 1.29 is 14.3 Å². The molecule has 0 unspecified atom stereocenters. The zero-order valence-electron chi connectivity index (χ0n) is 17.7. The molecule has 0 saturated carbocycles. The molecule has 5 nitrogen and oxygen atoms in total. The molecule has 0 saturated heterocycles. The highest BCUT2D eigenvalue weighted by molar-refractivity contribution is 6.30. The van der Waals surface area contributed by atoms with Gasteiger partial charge in [-0.05, 0) is 69.5 Å². The standard InChI is InChI=1S/C23H29ClN2O3/c1-15(2)25-23(28)18(5)26(13-19-9-11-20(24)12-10-19)22(27)14-29-21-8-6-7-16(3)17(21)4/h6-12,15,18H,13-14H2,1-5H3,(H,25,28)/t18-/m0/s1. The van der Waals surface area contributed by atoms with Gasteiger partial charge in [0.15, 0.2) is 6.61 Å². The van der Waals surface area contributed by atoms with Crippen LogP contribution in [0.4, 0.5) is 0 Å². The first-order valence-electron chi connectivity index (χ1n) is 9.72. The monoisotopic (exact) mass is 416 g/mol. The van der Waals surface area contributed by atoms with E-state index in [1.54, 1.807) is 19.1 Å². The predicted octanol–water partition coefficient (Wildman–Crippen LogP) is 4.28. The molecule has 0 bridgehead atoms. The van der Waals surface area contributed by atoms with Gasteiger partial charge in [-0.15, -0.1) is 0 Å². The van der Waals surface area contributed by atoms with E-state index in [1.165, 1.54) is 4.90 Å². The average molecular weight is 417 g/mol. The average Bonchev–Trinajstić information content (AvgIpc) is 2.67. The Kier molecular flexibility index (Phi) is 8.09. The summed E-state index contributed by atoms with van der Waals surface area (Å²) in [4.78, 5) is 27.1. The zero-order valence-corrected chi connectivity index (χ0v) is 18.4. The van der Waals surface area contributed by atoms with Crippen LogP contribution in [0.15, 0.2) is 42.5 Å². The van der Waals surface area contributed by atoms with Gasteiger partial charge in [-0.25, -0.2) is 0 Å². The number of halogens is 1. The second-order valence-corrected chi connectivity index (χ2v) is 7.91. The Balaban J connectivity index is 2.17. The Morgan fingerprint density at radius 1 is 1.07 bits per heavy atom. The Labute approximate surface area is 178 Å². The van der Waals surface area contributed by atoms with Gasteiger partial charge >= 0.3 is 0 Å². The van der Waals surface area contributed by atoms with E-state index in [4.69, 9.17) is 16.3 Å². The largest absolute Gasteiger partial charge is 0.483 e. The highest BCUT2D eigenvalue weighted by atomic mass is 35.5. The van der Waals surface area contributed by atoms with E-state index in [-0.39, 0.29) is 24.5 Å². The van der Waals surface area contributed by atoms with E-state index in [2.05, 4.69) is 5.32 Å². The van der Waals surface area contributed by atoms with Crippen LogP contribution in [0.2, 0.25) is 5.02 Å². The summed E-state index contributed by atoms with van der Waals surface area (Å²) in [7, 11) is 0. The lowest BCUT2D eigenvalue weighted by Crippen LogP contribution is -2.50. The molecule has 0 aliphatic carbocycles. The number of rotatable bonds is 8. The summed E-state index contributed by atoms with van der Waals surface area (Å²) < 4.78 is 5.78. The number of nitrogens with one attached hydrogen (secondary N) is 1. The molecule has 2 amide bonds. The fourth-order valence-corrected chi connectivity index (χ4v) is 3.00. The maximum atomic E-state index is 13.0. The van der Waals surface area contributed by atoms with Gasteiger partial charge in [0.05, 0.1) is 0 Å². The van der Waals surface area contributed by atoms with Crippen LogP contribution in [0.3, 0.4) is 0 Å². The second kappa shape index (κ2) is 10.3. The molecule has 0 spiro atoms. The molecule has 0 fully saturated rings. The van der Waals surface area contributed by atoms with Gasteiger partial charge < -0.3 is 15.0 Å². The topological polar surface area (TPSA) is 58.6 Å². The Morgan fingerprint density at radius 2 is 1.72 bits per heavy atom. The molecule has 156 valence electrons. The molecular formula is C23H29ClN2O3. The minimum atomic E-state index is -0.636. The third-order valence-electron chi connectivity index (χ3n) is 4.77. The number of benzene rings is 2. The van der Waals surface area contributed by atoms with Crippen LogP contribution in [0.25, 0.3) is 0 Å².